The summed E-state index contributed by atoms with van der Waals surface area (Å²) >= 11 is 0. The molecule has 5 heteroatoms. The van der Waals surface area contributed by atoms with E-state index in [2.05, 4.69) is 5.10 Å². The van der Waals surface area contributed by atoms with E-state index in [9.17, 15) is 4.79 Å². The fourth-order valence-electron chi connectivity index (χ4n) is 1.53. The number of aromatic nitrogens is 2. The lowest BCUT2D eigenvalue weighted by molar-refractivity contribution is 0.0519. The van der Waals surface area contributed by atoms with Gasteiger partial charge in [-0.25, -0.2) is 4.79 Å². The first-order chi connectivity index (χ1) is 7.38. The number of nitrogens with two attached hydrogens (primary N) is 1. The summed E-state index contributed by atoms with van der Waals surface area (Å²) in [6.45, 7) is 5.44. The maximum Gasteiger partial charge on any atom is 0.437 e. The molecule has 0 aliphatic heterocycles. The van der Waals surface area contributed by atoms with Crippen LogP contribution in [0.4, 0.5) is 10.6 Å². The highest BCUT2D eigenvalue weighted by molar-refractivity contribution is 5.74. The Labute approximate surface area is 94.6 Å². The summed E-state index contributed by atoms with van der Waals surface area (Å²) in [4.78, 5) is 11.7. The molecule has 1 aliphatic rings. The van der Waals surface area contributed by atoms with Crippen molar-refractivity contribution in [3.8, 4) is 0 Å². The maximum atomic E-state index is 11.7. The number of anilines is 1. The zero-order valence-corrected chi connectivity index (χ0v) is 9.86. The molecule has 16 heavy (non-hydrogen) atoms. The summed E-state index contributed by atoms with van der Waals surface area (Å²) in [6, 6.07) is 0. The number of hydrogen-bond acceptors (Lipinski definition) is 4. The van der Waals surface area contributed by atoms with Crippen LogP contribution in [0, 0.1) is 0 Å². The zero-order valence-electron chi connectivity index (χ0n) is 9.86. The summed E-state index contributed by atoms with van der Waals surface area (Å²) in [6.07, 6.45) is 3.41. The molecule has 88 valence electrons. The highest BCUT2D eigenvalue weighted by atomic mass is 16.6. The minimum atomic E-state index is -0.533. The van der Waals surface area contributed by atoms with Gasteiger partial charge in [-0.05, 0) is 39.5 Å². The molecule has 0 aromatic carbocycles. The molecule has 1 heterocycles. The number of nitrogen functional groups attached to an aromatic ring is 1. The molecule has 0 amide bonds. The average molecular weight is 223 g/mol. The molecule has 5 nitrogen and oxygen atoms in total. The predicted octanol–water partition coefficient (Wildman–Crippen LogP) is 2.13. The topological polar surface area (TPSA) is 70.1 Å². The van der Waals surface area contributed by atoms with Gasteiger partial charge in [0, 0.05) is 5.56 Å². The van der Waals surface area contributed by atoms with E-state index in [4.69, 9.17) is 10.5 Å². The van der Waals surface area contributed by atoms with E-state index in [1.807, 2.05) is 20.8 Å². The molecule has 0 spiro atoms. The second kappa shape index (κ2) is 3.50. The Morgan fingerprint density at radius 3 is 2.69 bits per heavy atom. The first kappa shape index (κ1) is 11.0. The van der Waals surface area contributed by atoms with Crippen molar-refractivity contribution in [1.29, 1.82) is 0 Å². The number of hydrogen-bond donors (Lipinski definition) is 1. The fourth-order valence-corrected chi connectivity index (χ4v) is 1.53. The molecule has 1 aromatic rings. The van der Waals surface area contributed by atoms with Crippen LogP contribution in [0.3, 0.4) is 0 Å². The van der Waals surface area contributed by atoms with Gasteiger partial charge in [-0.15, -0.1) is 4.68 Å². The Bertz CT molecular complexity index is 413. The molecule has 2 N–H and O–H groups in total. The van der Waals surface area contributed by atoms with E-state index in [1.165, 1.54) is 0 Å². The fraction of sp³-hybridized carbons (Fsp3) is 0.636. The van der Waals surface area contributed by atoms with Crippen LogP contribution in [0.2, 0.25) is 0 Å². The third kappa shape index (κ3) is 2.18. The molecule has 1 fully saturated rings. The minimum Gasteiger partial charge on any atom is -0.442 e. The number of ether oxygens (including phenoxy) is 1. The van der Waals surface area contributed by atoms with Crippen LogP contribution in [-0.2, 0) is 4.74 Å². The predicted molar refractivity (Wildman–Crippen MR) is 60.2 cm³/mol. The Kier molecular flexibility index (Phi) is 2.40. The summed E-state index contributed by atoms with van der Waals surface area (Å²) in [5, 5.41) is 3.98. The Morgan fingerprint density at radius 2 is 2.19 bits per heavy atom. The molecule has 1 saturated carbocycles. The van der Waals surface area contributed by atoms with Gasteiger partial charge < -0.3 is 10.5 Å². The van der Waals surface area contributed by atoms with Gasteiger partial charge in [-0.3, -0.25) is 0 Å². The SMILES string of the molecule is CC(C)(C)OC(=O)n1ncc(C2CC2)c1N. The standard InChI is InChI=1S/C11H17N3O2/c1-11(2,3)16-10(15)14-9(12)8(6-13-14)7-4-5-7/h6-7H,4-5,12H2,1-3H3. The first-order valence-corrected chi connectivity index (χ1v) is 5.45. The van der Waals surface area contributed by atoms with Crippen LogP contribution >= 0.6 is 0 Å². The van der Waals surface area contributed by atoms with Crippen LogP contribution in [0.25, 0.3) is 0 Å². The van der Waals surface area contributed by atoms with Crippen LogP contribution in [0.5, 0.6) is 0 Å². The second-order valence-electron chi connectivity index (χ2n) is 5.15. The molecule has 0 bridgehead atoms. The molecular formula is C11H17N3O2. The smallest absolute Gasteiger partial charge is 0.437 e. The van der Waals surface area contributed by atoms with Gasteiger partial charge in [0.1, 0.15) is 11.4 Å². The zero-order chi connectivity index (χ0) is 11.9. The lowest BCUT2D eigenvalue weighted by Gasteiger charge is -2.19. The quantitative estimate of drug-likeness (QED) is 0.791. The highest BCUT2D eigenvalue weighted by Crippen LogP contribution is 2.42. The Balaban J connectivity index is 2.17. The van der Waals surface area contributed by atoms with Gasteiger partial charge >= 0.3 is 6.09 Å². The van der Waals surface area contributed by atoms with Gasteiger partial charge in [0.2, 0.25) is 0 Å². The largest absolute Gasteiger partial charge is 0.442 e. The van der Waals surface area contributed by atoms with Gasteiger partial charge in [0.15, 0.2) is 0 Å². The number of nitrogens with zero attached hydrogens (tertiary/aromatic N) is 2. The van der Waals surface area contributed by atoms with Crippen molar-refractivity contribution < 1.29 is 9.53 Å². The van der Waals surface area contributed by atoms with Gasteiger partial charge in [0.05, 0.1) is 6.20 Å². The van der Waals surface area contributed by atoms with E-state index in [-0.39, 0.29) is 0 Å². The van der Waals surface area contributed by atoms with Crippen LogP contribution in [-0.4, -0.2) is 21.5 Å². The first-order valence-electron chi connectivity index (χ1n) is 5.45. The van der Waals surface area contributed by atoms with Crippen LogP contribution < -0.4 is 5.73 Å². The lowest BCUT2D eigenvalue weighted by atomic mass is 10.2. The van der Waals surface area contributed by atoms with Crippen molar-refractivity contribution in [3.05, 3.63) is 11.8 Å². The molecule has 1 aliphatic carbocycles. The van der Waals surface area contributed by atoms with Gasteiger partial charge in [-0.2, -0.15) is 5.10 Å². The summed E-state index contributed by atoms with van der Waals surface area (Å²) in [5.41, 5.74) is 6.29. The monoisotopic (exact) mass is 223 g/mol. The highest BCUT2D eigenvalue weighted by Gasteiger charge is 2.30. The second-order valence-corrected chi connectivity index (χ2v) is 5.15. The molecule has 0 atom stereocenters. The van der Waals surface area contributed by atoms with Crippen molar-refractivity contribution in [3.63, 3.8) is 0 Å². The molecule has 2 rings (SSSR count). The van der Waals surface area contributed by atoms with Crippen molar-refractivity contribution >= 4 is 11.9 Å². The average Bonchev–Trinajstić information content (AvgIpc) is 2.87. The minimum absolute atomic E-state index is 0.414. The van der Waals surface area contributed by atoms with E-state index in [1.54, 1.807) is 6.20 Å². The normalized spacial score (nSPS) is 16.2. The molecule has 1 aromatic heterocycles. The molecule has 0 radical (unpaired) electrons. The summed E-state index contributed by atoms with van der Waals surface area (Å²) in [5.74, 6) is 0.896. The third-order valence-corrected chi connectivity index (χ3v) is 2.42. The van der Waals surface area contributed by atoms with Crippen LogP contribution in [0.1, 0.15) is 45.1 Å². The number of carbonyl (C=O) groups is 1. The third-order valence-electron chi connectivity index (χ3n) is 2.42. The molecular weight excluding hydrogens is 206 g/mol. The lowest BCUT2D eigenvalue weighted by Crippen LogP contribution is -2.28. The summed E-state index contributed by atoms with van der Waals surface area (Å²) in [7, 11) is 0. The van der Waals surface area contributed by atoms with Gasteiger partial charge in [0.25, 0.3) is 0 Å². The number of carbonyl (C=O) groups excluding carboxylic acids is 1. The van der Waals surface area contributed by atoms with Gasteiger partial charge in [-0.1, -0.05) is 0 Å². The van der Waals surface area contributed by atoms with Crippen molar-refractivity contribution in [2.24, 2.45) is 0 Å². The van der Waals surface area contributed by atoms with Crippen molar-refractivity contribution in [2.45, 2.75) is 45.1 Å². The van der Waals surface area contributed by atoms with E-state index in [0.29, 0.717) is 11.7 Å². The Hall–Kier alpha value is -1.52. The van der Waals surface area contributed by atoms with Crippen molar-refractivity contribution in [2.75, 3.05) is 5.73 Å². The number of rotatable bonds is 1. The van der Waals surface area contributed by atoms with E-state index >= 15 is 0 Å². The molecule has 0 unspecified atom stereocenters. The van der Waals surface area contributed by atoms with E-state index in [0.717, 1.165) is 23.1 Å². The maximum absolute atomic E-state index is 11.7. The Morgan fingerprint density at radius 1 is 1.56 bits per heavy atom. The van der Waals surface area contributed by atoms with Crippen LogP contribution in [0.15, 0.2) is 6.20 Å². The summed E-state index contributed by atoms with van der Waals surface area (Å²) < 4.78 is 6.34. The molecule has 0 saturated heterocycles. The van der Waals surface area contributed by atoms with E-state index < -0.39 is 11.7 Å². The van der Waals surface area contributed by atoms with Crippen molar-refractivity contribution in [1.82, 2.24) is 9.78 Å².